The Kier molecular flexibility index (Phi) is 8.36. The fourth-order valence-corrected chi connectivity index (χ4v) is 8.52. The maximum atomic E-state index is 5.09. The highest BCUT2D eigenvalue weighted by Gasteiger charge is 2.16. The smallest absolute Gasteiger partial charge is 0.164 e. The quantitative estimate of drug-likeness (QED) is 0.165. The van der Waals surface area contributed by atoms with E-state index in [-0.39, 0.29) is 0 Å². The van der Waals surface area contributed by atoms with Crippen molar-refractivity contribution in [1.82, 2.24) is 15.0 Å². The lowest BCUT2D eigenvalue weighted by atomic mass is 9.96. The summed E-state index contributed by atoms with van der Waals surface area (Å²) < 4.78 is 2.45. The van der Waals surface area contributed by atoms with E-state index < -0.39 is 0 Å². The van der Waals surface area contributed by atoms with Gasteiger partial charge in [0.1, 0.15) is 0 Å². The van der Waals surface area contributed by atoms with Crippen molar-refractivity contribution in [2.45, 2.75) is 0 Å². The molecule has 10 aromatic rings. The van der Waals surface area contributed by atoms with Gasteiger partial charge in [0.25, 0.3) is 0 Å². The normalized spacial score (nSPS) is 11.3. The van der Waals surface area contributed by atoms with Gasteiger partial charge >= 0.3 is 0 Å². The van der Waals surface area contributed by atoms with Gasteiger partial charge < -0.3 is 0 Å². The molecule has 0 radical (unpaired) electrons. The van der Waals surface area contributed by atoms with Crippen molar-refractivity contribution in [2.75, 3.05) is 0 Å². The number of hydrogen-bond acceptors (Lipinski definition) is 4. The first-order valence-corrected chi connectivity index (χ1v) is 19.2. The second-order valence-corrected chi connectivity index (χ2v) is 14.7. The molecule has 55 heavy (non-hydrogen) atoms. The third kappa shape index (κ3) is 6.39. The monoisotopic (exact) mass is 719 g/mol. The highest BCUT2D eigenvalue weighted by Crippen LogP contribution is 2.42. The number of rotatable bonds is 7. The van der Waals surface area contributed by atoms with E-state index in [4.69, 9.17) is 15.0 Å². The van der Waals surface area contributed by atoms with E-state index in [1.807, 2.05) is 35.6 Å². The average Bonchev–Trinajstić information content (AvgIpc) is 3.66. The van der Waals surface area contributed by atoms with E-state index in [0.717, 1.165) is 27.8 Å². The zero-order valence-corrected chi connectivity index (χ0v) is 30.6. The highest BCUT2D eigenvalue weighted by molar-refractivity contribution is 7.26. The molecule has 3 nitrogen and oxygen atoms in total. The molecule has 258 valence electrons. The van der Waals surface area contributed by atoms with Crippen LogP contribution in [-0.2, 0) is 0 Å². The molecule has 0 saturated carbocycles. The fraction of sp³-hybridized carbons (Fsp3) is 0. The van der Waals surface area contributed by atoms with Gasteiger partial charge in [0, 0.05) is 36.9 Å². The molecule has 0 saturated heterocycles. The van der Waals surface area contributed by atoms with Crippen LogP contribution in [0.25, 0.3) is 98.8 Å². The summed E-state index contributed by atoms with van der Waals surface area (Å²) >= 11 is 1.81. The van der Waals surface area contributed by atoms with Gasteiger partial charge in [-0.1, -0.05) is 182 Å². The molecule has 0 fully saturated rings. The Hall–Kier alpha value is -7.01. The average molecular weight is 720 g/mol. The molecule has 8 aromatic carbocycles. The minimum absolute atomic E-state index is 0.645. The Morgan fingerprint density at radius 1 is 0.273 bits per heavy atom. The second kappa shape index (κ2) is 14.1. The van der Waals surface area contributed by atoms with Gasteiger partial charge in [-0.25, -0.2) is 15.0 Å². The molecule has 0 aliphatic heterocycles. The van der Waals surface area contributed by atoms with Crippen LogP contribution in [0.5, 0.6) is 0 Å². The number of fused-ring (bicyclic) bond motifs is 3. The van der Waals surface area contributed by atoms with Crippen molar-refractivity contribution in [3.63, 3.8) is 0 Å². The van der Waals surface area contributed by atoms with Crippen LogP contribution in [0, 0.1) is 0 Å². The van der Waals surface area contributed by atoms with Crippen LogP contribution in [-0.4, -0.2) is 15.0 Å². The standard InChI is InChI=1S/C51H33N3S/c1-4-12-34(13-5-1)36-22-24-37(25-23-36)38-26-28-40(29-27-38)50-52-49(39-16-8-3-9-17-39)53-51(54-50)43-30-31-45-47(33-43)55-46-21-11-20-44(48(45)46)42-19-10-18-41(32-42)35-14-6-2-7-15-35/h1-33H. The molecule has 2 heterocycles. The molecular formula is C51H33N3S. The van der Waals surface area contributed by atoms with Crippen LogP contribution in [0.3, 0.4) is 0 Å². The predicted molar refractivity (Wildman–Crippen MR) is 231 cm³/mol. The number of nitrogens with zero attached hydrogens (tertiary/aromatic N) is 3. The highest BCUT2D eigenvalue weighted by atomic mass is 32.1. The van der Waals surface area contributed by atoms with E-state index in [9.17, 15) is 0 Å². The van der Waals surface area contributed by atoms with E-state index >= 15 is 0 Å². The van der Waals surface area contributed by atoms with E-state index in [0.29, 0.717) is 17.5 Å². The third-order valence-corrected chi connectivity index (χ3v) is 11.3. The van der Waals surface area contributed by atoms with Crippen LogP contribution in [0.1, 0.15) is 0 Å². The number of hydrogen-bond donors (Lipinski definition) is 0. The van der Waals surface area contributed by atoms with Crippen molar-refractivity contribution in [3.05, 3.63) is 200 Å². The Labute approximate surface area is 323 Å². The van der Waals surface area contributed by atoms with Gasteiger partial charge in [-0.2, -0.15) is 0 Å². The van der Waals surface area contributed by atoms with Crippen LogP contribution >= 0.6 is 11.3 Å². The first kappa shape index (κ1) is 32.6. The molecule has 2 aromatic heterocycles. The van der Waals surface area contributed by atoms with Gasteiger partial charge in [0.15, 0.2) is 17.5 Å². The Morgan fingerprint density at radius 2 is 0.691 bits per heavy atom. The molecule has 0 unspecified atom stereocenters. The molecule has 0 N–H and O–H groups in total. The van der Waals surface area contributed by atoms with Gasteiger partial charge in [0.05, 0.1) is 0 Å². The molecule has 0 aliphatic rings. The summed E-state index contributed by atoms with van der Waals surface area (Å²) in [6, 6.07) is 70.5. The first-order chi connectivity index (χ1) is 27.2. The molecule has 0 aliphatic carbocycles. The summed E-state index contributed by atoms with van der Waals surface area (Å²) in [7, 11) is 0. The van der Waals surface area contributed by atoms with Crippen molar-refractivity contribution in [1.29, 1.82) is 0 Å². The van der Waals surface area contributed by atoms with E-state index in [1.54, 1.807) is 0 Å². The lowest BCUT2D eigenvalue weighted by Gasteiger charge is -2.10. The van der Waals surface area contributed by atoms with Crippen LogP contribution < -0.4 is 0 Å². The van der Waals surface area contributed by atoms with Gasteiger partial charge in [0.2, 0.25) is 0 Å². The van der Waals surface area contributed by atoms with Gasteiger partial charge in [-0.05, 0) is 62.7 Å². The summed E-state index contributed by atoms with van der Waals surface area (Å²) in [6.07, 6.45) is 0. The van der Waals surface area contributed by atoms with Crippen LogP contribution in [0.4, 0.5) is 0 Å². The molecule has 4 heteroatoms. The Morgan fingerprint density at radius 3 is 1.29 bits per heavy atom. The zero-order valence-electron chi connectivity index (χ0n) is 29.8. The number of aromatic nitrogens is 3. The van der Waals surface area contributed by atoms with Crippen LogP contribution in [0.15, 0.2) is 200 Å². The molecule has 0 spiro atoms. The molecule has 0 amide bonds. The maximum Gasteiger partial charge on any atom is 0.164 e. The predicted octanol–water partition coefficient (Wildman–Crippen LogP) is 13.9. The Balaban J connectivity index is 1.02. The fourth-order valence-electron chi connectivity index (χ4n) is 7.35. The molecular weight excluding hydrogens is 687 g/mol. The largest absolute Gasteiger partial charge is 0.208 e. The van der Waals surface area contributed by atoms with Crippen molar-refractivity contribution in [2.24, 2.45) is 0 Å². The van der Waals surface area contributed by atoms with Gasteiger partial charge in [-0.3, -0.25) is 0 Å². The van der Waals surface area contributed by atoms with Crippen LogP contribution in [0.2, 0.25) is 0 Å². The van der Waals surface area contributed by atoms with E-state index in [2.05, 4.69) is 176 Å². The number of thiophene rings is 1. The van der Waals surface area contributed by atoms with E-state index in [1.165, 1.54) is 53.6 Å². The first-order valence-electron chi connectivity index (χ1n) is 18.4. The second-order valence-electron chi connectivity index (χ2n) is 13.6. The minimum atomic E-state index is 0.645. The molecule has 0 bridgehead atoms. The summed E-state index contributed by atoms with van der Waals surface area (Å²) in [5, 5.41) is 2.50. The Bertz CT molecular complexity index is 2940. The van der Waals surface area contributed by atoms with Crippen molar-refractivity contribution < 1.29 is 0 Å². The van der Waals surface area contributed by atoms with Crippen molar-refractivity contribution in [3.8, 4) is 78.7 Å². The zero-order chi connectivity index (χ0) is 36.6. The maximum absolute atomic E-state index is 5.09. The van der Waals surface area contributed by atoms with Gasteiger partial charge in [-0.15, -0.1) is 11.3 Å². The summed E-state index contributed by atoms with van der Waals surface area (Å²) in [6.45, 7) is 0. The third-order valence-electron chi connectivity index (χ3n) is 10.2. The minimum Gasteiger partial charge on any atom is -0.208 e. The SMILES string of the molecule is c1ccc(-c2ccc(-c3ccc(-c4nc(-c5ccccc5)nc(-c5ccc6c(c5)sc5cccc(-c7cccc(-c8ccccc8)c7)c56)n4)cc3)cc2)cc1. The summed E-state index contributed by atoms with van der Waals surface area (Å²) in [4.78, 5) is 15.1. The topological polar surface area (TPSA) is 38.7 Å². The summed E-state index contributed by atoms with van der Waals surface area (Å²) in [5.74, 6) is 1.95. The summed E-state index contributed by atoms with van der Waals surface area (Å²) in [5.41, 5.74) is 12.4. The lowest BCUT2D eigenvalue weighted by Crippen LogP contribution is -2.00. The molecule has 10 rings (SSSR count). The van der Waals surface area contributed by atoms with Crippen molar-refractivity contribution >= 4 is 31.5 Å². The lowest BCUT2D eigenvalue weighted by molar-refractivity contribution is 1.07. The number of benzene rings is 8. The molecule has 0 atom stereocenters.